The highest BCUT2D eigenvalue weighted by atomic mass is 32.2. The lowest BCUT2D eigenvalue weighted by molar-refractivity contribution is -0.140. The van der Waals surface area contributed by atoms with Gasteiger partial charge in [-0.15, -0.1) is 0 Å². The fraction of sp³-hybridized carbons (Fsp3) is 0.462. The molecule has 1 atom stereocenters. The smallest absolute Gasteiger partial charge is 0.322 e. The summed E-state index contributed by atoms with van der Waals surface area (Å²) in [7, 11) is -7.73. The van der Waals surface area contributed by atoms with Gasteiger partial charge in [0.25, 0.3) is 0 Å². The van der Waals surface area contributed by atoms with Crippen LogP contribution in [-0.2, 0) is 24.7 Å². The third-order valence-electron chi connectivity index (χ3n) is 3.09. The number of aliphatic carboxylic acids is 1. The minimum Gasteiger partial charge on any atom is -0.480 e. The number of rotatable bonds is 6. The maximum absolute atomic E-state index is 12.4. The van der Waals surface area contributed by atoms with Crippen LogP contribution in [0.15, 0.2) is 28.0 Å². The summed E-state index contributed by atoms with van der Waals surface area (Å²) in [6, 6.07) is 2.41. The second kappa shape index (κ2) is 6.35. The first-order valence-corrected chi connectivity index (χ1v) is 9.79. The lowest BCUT2D eigenvalue weighted by Gasteiger charge is -2.19. The Kier molecular flexibility index (Phi) is 5.37. The molecule has 0 spiro atoms. The minimum atomic E-state index is -4.16. The fourth-order valence-corrected chi connectivity index (χ4v) is 4.13. The first-order chi connectivity index (χ1) is 9.86. The van der Waals surface area contributed by atoms with E-state index < -0.39 is 37.8 Å². The number of carboxylic acid groups (broad SMARTS) is 1. The molecule has 0 aromatic heterocycles. The Hall–Kier alpha value is -1.45. The minimum absolute atomic E-state index is 0.144. The zero-order valence-corrected chi connectivity index (χ0v) is 14.3. The lowest BCUT2D eigenvalue weighted by Crippen LogP contribution is -2.44. The Bertz CT molecular complexity index is 781. The number of aryl methyl sites for hydroxylation is 1. The molecule has 0 unspecified atom stereocenters. The molecule has 2 N–H and O–H groups in total. The maximum Gasteiger partial charge on any atom is 0.322 e. The van der Waals surface area contributed by atoms with Crippen LogP contribution in [0.5, 0.6) is 0 Å². The van der Waals surface area contributed by atoms with Crippen LogP contribution in [0.25, 0.3) is 0 Å². The van der Waals surface area contributed by atoms with Crippen molar-refractivity contribution in [2.24, 2.45) is 5.92 Å². The summed E-state index contributed by atoms with van der Waals surface area (Å²) in [4.78, 5) is 10.7. The fourth-order valence-electron chi connectivity index (χ4n) is 1.80. The van der Waals surface area contributed by atoms with Crippen molar-refractivity contribution >= 4 is 25.8 Å². The van der Waals surface area contributed by atoms with Crippen LogP contribution < -0.4 is 4.72 Å². The molecule has 0 aliphatic heterocycles. The zero-order chi connectivity index (χ0) is 17.3. The van der Waals surface area contributed by atoms with E-state index in [1.807, 2.05) is 0 Å². The summed E-state index contributed by atoms with van der Waals surface area (Å²) >= 11 is 0. The van der Waals surface area contributed by atoms with Crippen molar-refractivity contribution in [2.75, 3.05) is 6.26 Å². The van der Waals surface area contributed by atoms with Crippen LogP contribution in [-0.4, -0.2) is 40.2 Å². The highest BCUT2D eigenvalue weighted by molar-refractivity contribution is 7.91. The Morgan fingerprint density at radius 2 is 1.73 bits per heavy atom. The molecule has 0 radical (unpaired) electrons. The Morgan fingerprint density at radius 1 is 1.18 bits per heavy atom. The van der Waals surface area contributed by atoms with E-state index in [4.69, 9.17) is 5.11 Å². The molecule has 22 heavy (non-hydrogen) atoms. The van der Waals surface area contributed by atoms with Gasteiger partial charge in [0.05, 0.1) is 9.79 Å². The van der Waals surface area contributed by atoms with Gasteiger partial charge in [0.2, 0.25) is 10.0 Å². The van der Waals surface area contributed by atoms with Gasteiger partial charge in [-0.3, -0.25) is 4.79 Å². The van der Waals surface area contributed by atoms with E-state index in [0.717, 1.165) is 12.3 Å². The summed E-state index contributed by atoms with van der Waals surface area (Å²) in [6.07, 6.45) is 0.968. The van der Waals surface area contributed by atoms with Crippen molar-refractivity contribution < 1.29 is 26.7 Å². The summed E-state index contributed by atoms with van der Waals surface area (Å²) in [5, 5.41) is 9.08. The predicted octanol–water partition coefficient (Wildman–Crippen LogP) is 0.786. The van der Waals surface area contributed by atoms with Crippen molar-refractivity contribution in [2.45, 2.75) is 36.6 Å². The van der Waals surface area contributed by atoms with E-state index in [0.29, 0.717) is 5.56 Å². The number of hydrogen-bond acceptors (Lipinski definition) is 5. The van der Waals surface area contributed by atoms with Gasteiger partial charge in [-0.25, -0.2) is 16.8 Å². The first-order valence-electron chi connectivity index (χ1n) is 6.42. The topological polar surface area (TPSA) is 118 Å². The molecule has 0 saturated heterocycles. The molecule has 0 heterocycles. The molecule has 0 fully saturated rings. The van der Waals surface area contributed by atoms with Gasteiger partial charge in [-0.05, 0) is 30.5 Å². The maximum atomic E-state index is 12.4. The van der Waals surface area contributed by atoms with Gasteiger partial charge in [0.15, 0.2) is 9.84 Å². The molecule has 1 aromatic rings. The lowest BCUT2D eigenvalue weighted by atomic mass is 10.1. The monoisotopic (exact) mass is 349 g/mol. The number of hydrogen-bond donors (Lipinski definition) is 2. The molecule has 9 heteroatoms. The second-order valence-electron chi connectivity index (χ2n) is 5.38. The summed E-state index contributed by atoms with van der Waals surface area (Å²) in [5.74, 6) is -1.76. The summed E-state index contributed by atoms with van der Waals surface area (Å²) in [6.45, 7) is 4.65. The quantitative estimate of drug-likeness (QED) is 0.784. The largest absolute Gasteiger partial charge is 0.480 e. The molecule has 0 saturated carbocycles. The highest BCUT2D eigenvalue weighted by Crippen LogP contribution is 2.21. The molecular weight excluding hydrogens is 330 g/mol. The zero-order valence-electron chi connectivity index (χ0n) is 12.7. The van der Waals surface area contributed by atoms with Crippen molar-refractivity contribution in [3.05, 3.63) is 23.8 Å². The Labute approximate surface area is 130 Å². The number of benzene rings is 1. The standard InChI is InChI=1S/C13H19NO6S2/c1-8(2)12(13(15)16)14-22(19,20)11-7-10(21(4,17)18)6-5-9(11)3/h5-8,12,14H,1-4H3,(H,15,16)/t12-/m0/s1. The van der Waals surface area contributed by atoms with E-state index in [-0.39, 0.29) is 9.79 Å². The highest BCUT2D eigenvalue weighted by Gasteiger charge is 2.29. The average Bonchev–Trinajstić information content (AvgIpc) is 2.34. The van der Waals surface area contributed by atoms with Crippen molar-refractivity contribution in [3.8, 4) is 0 Å². The average molecular weight is 349 g/mol. The Balaban J connectivity index is 3.37. The van der Waals surface area contributed by atoms with Crippen LogP contribution in [0.1, 0.15) is 19.4 Å². The van der Waals surface area contributed by atoms with Gasteiger partial charge in [-0.2, -0.15) is 4.72 Å². The van der Waals surface area contributed by atoms with Crippen molar-refractivity contribution in [1.29, 1.82) is 0 Å². The van der Waals surface area contributed by atoms with Gasteiger partial charge in [0, 0.05) is 6.26 Å². The van der Waals surface area contributed by atoms with E-state index in [9.17, 15) is 21.6 Å². The number of carbonyl (C=O) groups is 1. The third kappa shape index (κ3) is 4.28. The van der Waals surface area contributed by atoms with Gasteiger partial charge >= 0.3 is 5.97 Å². The molecule has 0 bridgehead atoms. The van der Waals surface area contributed by atoms with Gasteiger partial charge < -0.3 is 5.11 Å². The predicted molar refractivity (Wildman–Crippen MR) is 80.9 cm³/mol. The van der Waals surface area contributed by atoms with Crippen LogP contribution in [0, 0.1) is 12.8 Å². The van der Waals surface area contributed by atoms with Gasteiger partial charge in [0.1, 0.15) is 6.04 Å². The van der Waals surface area contributed by atoms with Crippen LogP contribution >= 0.6 is 0 Å². The van der Waals surface area contributed by atoms with E-state index in [1.54, 1.807) is 13.8 Å². The normalized spacial score (nSPS) is 14.0. The first kappa shape index (κ1) is 18.6. The van der Waals surface area contributed by atoms with E-state index >= 15 is 0 Å². The summed E-state index contributed by atoms with van der Waals surface area (Å²) < 4.78 is 50.0. The second-order valence-corrected chi connectivity index (χ2v) is 9.08. The van der Waals surface area contributed by atoms with Gasteiger partial charge in [-0.1, -0.05) is 19.9 Å². The molecular formula is C13H19NO6S2. The number of carboxylic acids is 1. The Morgan fingerprint density at radius 3 is 2.14 bits per heavy atom. The molecule has 0 aliphatic rings. The van der Waals surface area contributed by atoms with Crippen LogP contribution in [0.4, 0.5) is 0 Å². The SMILES string of the molecule is Cc1ccc(S(C)(=O)=O)cc1S(=O)(=O)N[C@H](C(=O)O)C(C)C. The van der Waals surface area contributed by atoms with Crippen LogP contribution in [0.3, 0.4) is 0 Å². The number of sulfone groups is 1. The van der Waals surface area contributed by atoms with Crippen LogP contribution in [0.2, 0.25) is 0 Å². The van der Waals surface area contributed by atoms with Crippen molar-refractivity contribution in [1.82, 2.24) is 4.72 Å². The van der Waals surface area contributed by atoms with Crippen molar-refractivity contribution in [3.63, 3.8) is 0 Å². The third-order valence-corrected chi connectivity index (χ3v) is 5.79. The summed E-state index contributed by atoms with van der Waals surface area (Å²) in [5.41, 5.74) is 0.327. The number of sulfonamides is 1. The molecule has 124 valence electrons. The molecule has 0 amide bonds. The molecule has 7 nitrogen and oxygen atoms in total. The van der Waals surface area contributed by atoms with E-state index in [1.165, 1.54) is 19.1 Å². The number of nitrogens with one attached hydrogen (secondary N) is 1. The molecule has 1 rings (SSSR count). The van der Waals surface area contributed by atoms with E-state index in [2.05, 4.69) is 4.72 Å². The molecule has 0 aliphatic carbocycles. The molecule has 1 aromatic carbocycles.